The first-order valence-corrected chi connectivity index (χ1v) is 7.61. The Morgan fingerprint density at radius 1 is 1.25 bits per heavy atom. The molecule has 2 heterocycles. The zero-order valence-electron chi connectivity index (χ0n) is 12.7. The number of benzene rings is 1. The van der Waals surface area contributed by atoms with Crippen molar-refractivity contribution >= 4 is 28.4 Å². The van der Waals surface area contributed by atoms with Crippen LogP contribution >= 0.6 is 11.6 Å². The van der Waals surface area contributed by atoms with E-state index in [0.29, 0.717) is 28.7 Å². The SMILES string of the molecule is C=CC(=O)NCc1cnc(Oc2ccc(Cl)cc2)c2ncccc12. The zero-order valence-corrected chi connectivity index (χ0v) is 13.5. The summed E-state index contributed by atoms with van der Waals surface area (Å²) >= 11 is 5.88. The van der Waals surface area contributed by atoms with Crippen LogP contribution in [0.3, 0.4) is 0 Å². The lowest BCUT2D eigenvalue weighted by molar-refractivity contribution is -0.116. The van der Waals surface area contributed by atoms with Crippen molar-refractivity contribution in [3.05, 3.63) is 72.0 Å². The van der Waals surface area contributed by atoms with Crippen molar-refractivity contribution in [2.75, 3.05) is 0 Å². The van der Waals surface area contributed by atoms with Crippen LogP contribution in [0, 0.1) is 0 Å². The van der Waals surface area contributed by atoms with Gasteiger partial charge >= 0.3 is 0 Å². The molecule has 5 nitrogen and oxygen atoms in total. The van der Waals surface area contributed by atoms with Gasteiger partial charge in [-0.25, -0.2) is 4.98 Å². The molecule has 0 aliphatic rings. The van der Waals surface area contributed by atoms with Crippen molar-refractivity contribution in [2.24, 2.45) is 0 Å². The molecule has 0 spiro atoms. The van der Waals surface area contributed by atoms with E-state index in [9.17, 15) is 4.79 Å². The number of hydrogen-bond donors (Lipinski definition) is 1. The summed E-state index contributed by atoms with van der Waals surface area (Å²) in [6.07, 6.45) is 4.56. The van der Waals surface area contributed by atoms with Crippen LogP contribution in [0.5, 0.6) is 11.6 Å². The topological polar surface area (TPSA) is 64.1 Å². The van der Waals surface area contributed by atoms with Gasteiger partial charge in [0.2, 0.25) is 11.8 Å². The number of pyridine rings is 2. The van der Waals surface area contributed by atoms with Gasteiger partial charge in [0.15, 0.2) is 0 Å². The van der Waals surface area contributed by atoms with Crippen molar-refractivity contribution in [2.45, 2.75) is 6.54 Å². The summed E-state index contributed by atoms with van der Waals surface area (Å²) in [5.74, 6) is 0.770. The molecule has 24 heavy (non-hydrogen) atoms. The molecule has 0 unspecified atom stereocenters. The number of carbonyl (C=O) groups excluding carboxylic acids is 1. The maximum atomic E-state index is 11.4. The normalized spacial score (nSPS) is 10.4. The predicted molar refractivity (Wildman–Crippen MR) is 93.1 cm³/mol. The predicted octanol–water partition coefficient (Wildman–Crippen LogP) is 3.88. The summed E-state index contributed by atoms with van der Waals surface area (Å²) in [6, 6.07) is 10.7. The van der Waals surface area contributed by atoms with E-state index in [0.717, 1.165) is 10.9 Å². The maximum Gasteiger partial charge on any atom is 0.246 e. The van der Waals surface area contributed by atoms with Crippen LogP contribution in [0.25, 0.3) is 10.9 Å². The molecular weight excluding hydrogens is 326 g/mol. The van der Waals surface area contributed by atoms with Gasteiger partial charge in [-0.15, -0.1) is 0 Å². The molecule has 6 heteroatoms. The van der Waals surface area contributed by atoms with Crippen LogP contribution in [0.15, 0.2) is 61.4 Å². The minimum Gasteiger partial charge on any atom is -0.437 e. The van der Waals surface area contributed by atoms with Gasteiger partial charge in [0, 0.05) is 29.3 Å². The Kier molecular flexibility index (Phi) is 4.72. The molecule has 0 aliphatic carbocycles. The molecule has 0 aliphatic heterocycles. The number of fused-ring (bicyclic) bond motifs is 1. The van der Waals surface area contributed by atoms with Gasteiger partial charge in [-0.3, -0.25) is 9.78 Å². The molecule has 3 aromatic rings. The Balaban J connectivity index is 1.94. The minimum absolute atomic E-state index is 0.242. The number of rotatable bonds is 5. The van der Waals surface area contributed by atoms with E-state index < -0.39 is 0 Å². The van der Waals surface area contributed by atoms with Gasteiger partial charge in [0.1, 0.15) is 11.3 Å². The molecular formula is C18H14ClN3O2. The second kappa shape index (κ2) is 7.10. The lowest BCUT2D eigenvalue weighted by Crippen LogP contribution is -2.20. The monoisotopic (exact) mass is 339 g/mol. The van der Waals surface area contributed by atoms with Gasteiger partial charge in [-0.05, 0) is 42.0 Å². The van der Waals surface area contributed by atoms with Crippen LogP contribution in [0.1, 0.15) is 5.56 Å². The van der Waals surface area contributed by atoms with Gasteiger partial charge in [-0.2, -0.15) is 0 Å². The van der Waals surface area contributed by atoms with Crippen LogP contribution in [-0.2, 0) is 11.3 Å². The van der Waals surface area contributed by atoms with Crippen molar-refractivity contribution in [3.8, 4) is 11.6 Å². The molecule has 1 N–H and O–H groups in total. The van der Waals surface area contributed by atoms with Crippen molar-refractivity contribution in [1.29, 1.82) is 0 Å². The van der Waals surface area contributed by atoms with Gasteiger partial charge in [-0.1, -0.05) is 24.2 Å². The first-order chi connectivity index (χ1) is 11.7. The van der Waals surface area contributed by atoms with E-state index in [1.165, 1.54) is 6.08 Å². The van der Waals surface area contributed by atoms with E-state index in [4.69, 9.17) is 16.3 Å². The Labute approximate surface area is 144 Å². The number of nitrogens with zero attached hydrogens (tertiary/aromatic N) is 2. The molecule has 0 fully saturated rings. The highest BCUT2D eigenvalue weighted by molar-refractivity contribution is 6.30. The smallest absolute Gasteiger partial charge is 0.246 e. The lowest BCUT2D eigenvalue weighted by atomic mass is 10.1. The van der Waals surface area contributed by atoms with E-state index in [2.05, 4.69) is 21.9 Å². The Bertz CT molecular complexity index is 894. The molecule has 0 radical (unpaired) electrons. The average molecular weight is 340 g/mol. The summed E-state index contributed by atoms with van der Waals surface area (Å²) in [7, 11) is 0. The highest BCUT2D eigenvalue weighted by Crippen LogP contribution is 2.28. The number of aromatic nitrogens is 2. The van der Waals surface area contributed by atoms with E-state index in [1.54, 1.807) is 36.7 Å². The standard InChI is InChI=1S/C18H14ClN3O2/c1-2-16(23)21-10-12-11-22-18(17-15(12)4-3-9-20-17)24-14-7-5-13(19)6-8-14/h2-9,11H,1,10H2,(H,21,23). The Morgan fingerprint density at radius 3 is 2.79 bits per heavy atom. The quantitative estimate of drug-likeness (QED) is 0.716. The highest BCUT2D eigenvalue weighted by Gasteiger charge is 2.11. The number of amides is 1. The molecule has 0 saturated heterocycles. The Hall–Kier alpha value is -2.92. The molecule has 0 saturated carbocycles. The number of carbonyl (C=O) groups is 1. The molecule has 1 amide bonds. The average Bonchev–Trinajstić information content (AvgIpc) is 2.62. The number of nitrogens with one attached hydrogen (secondary N) is 1. The third-order valence-corrected chi connectivity index (χ3v) is 3.61. The second-order valence-electron chi connectivity index (χ2n) is 4.97. The zero-order chi connectivity index (χ0) is 16.9. The van der Waals surface area contributed by atoms with Crippen molar-refractivity contribution in [3.63, 3.8) is 0 Å². The summed E-state index contributed by atoms with van der Waals surface area (Å²) in [6.45, 7) is 3.77. The van der Waals surface area contributed by atoms with Gasteiger partial charge < -0.3 is 10.1 Å². The first-order valence-electron chi connectivity index (χ1n) is 7.23. The molecule has 0 bridgehead atoms. The molecule has 120 valence electrons. The second-order valence-corrected chi connectivity index (χ2v) is 5.40. The highest BCUT2D eigenvalue weighted by atomic mass is 35.5. The molecule has 2 aromatic heterocycles. The maximum absolute atomic E-state index is 11.4. The van der Waals surface area contributed by atoms with E-state index >= 15 is 0 Å². The number of hydrogen-bond acceptors (Lipinski definition) is 4. The fourth-order valence-corrected chi connectivity index (χ4v) is 2.31. The van der Waals surface area contributed by atoms with Gasteiger partial charge in [0.25, 0.3) is 0 Å². The number of halogens is 1. The summed E-state index contributed by atoms with van der Waals surface area (Å²) in [5.41, 5.74) is 1.47. The summed E-state index contributed by atoms with van der Waals surface area (Å²) in [4.78, 5) is 20.0. The van der Waals surface area contributed by atoms with E-state index in [-0.39, 0.29) is 5.91 Å². The third kappa shape index (κ3) is 3.52. The summed E-state index contributed by atoms with van der Waals surface area (Å²) < 4.78 is 5.81. The minimum atomic E-state index is -0.242. The summed E-state index contributed by atoms with van der Waals surface area (Å²) in [5, 5.41) is 4.23. The van der Waals surface area contributed by atoms with Gasteiger partial charge in [0.05, 0.1) is 0 Å². The van der Waals surface area contributed by atoms with Crippen molar-refractivity contribution < 1.29 is 9.53 Å². The lowest BCUT2D eigenvalue weighted by Gasteiger charge is -2.11. The molecule has 1 aromatic carbocycles. The van der Waals surface area contributed by atoms with Crippen molar-refractivity contribution in [1.82, 2.24) is 15.3 Å². The molecule has 0 atom stereocenters. The number of ether oxygens (including phenoxy) is 1. The Morgan fingerprint density at radius 2 is 2.04 bits per heavy atom. The fraction of sp³-hybridized carbons (Fsp3) is 0.0556. The van der Waals surface area contributed by atoms with E-state index in [1.807, 2.05) is 12.1 Å². The van der Waals surface area contributed by atoms with Crippen LogP contribution in [0.2, 0.25) is 5.02 Å². The largest absolute Gasteiger partial charge is 0.437 e. The van der Waals surface area contributed by atoms with Crippen LogP contribution < -0.4 is 10.1 Å². The van der Waals surface area contributed by atoms with Crippen LogP contribution in [-0.4, -0.2) is 15.9 Å². The fourth-order valence-electron chi connectivity index (χ4n) is 2.19. The third-order valence-electron chi connectivity index (χ3n) is 3.36. The molecule has 3 rings (SSSR count). The first kappa shape index (κ1) is 16.0. The van der Waals surface area contributed by atoms with Crippen LogP contribution in [0.4, 0.5) is 0 Å².